The average Bonchev–Trinajstić information content (AvgIpc) is 3.52. The molecule has 2 aromatic carbocycles. The molecule has 0 saturated heterocycles. The molecule has 0 spiro atoms. The van der Waals surface area contributed by atoms with Crippen molar-refractivity contribution in [3.63, 3.8) is 0 Å². The van der Waals surface area contributed by atoms with Crippen molar-refractivity contribution in [1.29, 1.82) is 0 Å². The SMILES string of the molecule is COc1ccc(-n2cc(Sc3ccc(Cl)cc3)c(-c3ccc(N4C=CON4)cc3)n2)nc1. The summed E-state index contributed by atoms with van der Waals surface area (Å²) in [7, 11) is 1.62. The van der Waals surface area contributed by atoms with E-state index in [9.17, 15) is 0 Å². The van der Waals surface area contributed by atoms with E-state index in [2.05, 4.69) is 10.6 Å². The molecule has 32 heavy (non-hydrogen) atoms. The van der Waals surface area contributed by atoms with Crippen LogP contribution in [0.15, 0.2) is 95.3 Å². The summed E-state index contributed by atoms with van der Waals surface area (Å²) in [5, 5.41) is 7.34. The lowest BCUT2D eigenvalue weighted by Crippen LogP contribution is -2.26. The first-order valence-electron chi connectivity index (χ1n) is 9.71. The van der Waals surface area contributed by atoms with Crippen LogP contribution in [0.1, 0.15) is 0 Å². The Kier molecular flexibility index (Phi) is 5.72. The molecule has 3 heterocycles. The molecule has 160 valence electrons. The summed E-state index contributed by atoms with van der Waals surface area (Å²) in [5.74, 6) is 1.40. The summed E-state index contributed by atoms with van der Waals surface area (Å²) < 4.78 is 6.99. The topological polar surface area (TPSA) is 64.4 Å². The van der Waals surface area contributed by atoms with Crippen LogP contribution in [0.3, 0.4) is 0 Å². The minimum atomic E-state index is 0.695. The molecule has 4 aromatic rings. The van der Waals surface area contributed by atoms with E-state index in [4.69, 9.17) is 26.3 Å². The van der Waals surface area contributed by atoms with Crippen molar-refractivity contribution < 1.29 is 9.57 Å². The van der Waals surface area contributed by atoms with Crippen LogP contribution in [0.5, 0.6) is 5.75 Å². The number of pyridine rings is 1. The van der Waals surface area contributed by atoms with Crippen molar-refractivity contribution in [2.24, 2.45) is 0 Å². The van der Waals surface area contributed by atoms with Crippen molar-refractivity contribution in [3.05, 3.63) is 90.5 Å². The minimum Gasteiger partial charge on any atom is -0.495 e. The lowest BCUT2D eigenvalue weighted by atomic mass is 10.1. The molecule has 9 heteroatoms. The summed E-state index contributed by atoms with van der Waals surface area (Å²) in [6.45, 7) is 0. The molecule has 0 fully saturated rings. The number of nitrogens with one attached hydrogen (secondary N) is 1. The molecule has 1 aliphatic heterocycles. The first-order valence-corrected chi connectivity index (χ1v) is 10.9. The number of hydrazine groups is 1. The number of halogens is 1. The number of methoxy groups -OCH3 is 1. The van der Waals surface area contributed by atoms with Crippen LogP contribution in [-0.2, 0) is 4.84 Å². The van der Waals surface area contributed by atoms with Gasteiger partial charge in [0.2, 0.25) is 0 Å². The van der Waals surface area contributed by atoms with Crippen LogP contribution in [0.4, 0.5) is 5.69 Å². The van der Waals surface area contributed by atoms with Crippen LogP contribution in [-0.4, -0.2) is 21.9 Å². The Hall–Kier alpha value is -3.46. The van der Waals surface area contributed by atoms with Gasteiger partial charge in [0.1, 0.15) is 17.7 Å². The molecule has 0 bridgehead atoms. The summed E-state index contributed by atoms with van der Waals surface area (Å²) in [5.41, 5.74) is 5.58. The Morgan fingerprint density at radius 2 is 1.84 bits per heavy atom. The van der Waals surface area contributed by atoms with E-state index in [1.54, 1.807) is 47.2 Å². The van der Waals surface area contributed by atoms with Gasteiger partial charge in [-0.1, -0.05) is 41.1 Å². The summed E-state index contributed by atoms with van der Waals surface area (Å²) >= 11 is 7.67. The molecule has 1 N–H and O–H groups in total. The number of ether oxygens (including phenoxy) is 1. The van der Waals surface area contributed by atoms with Gasteiger partial charge in [-0.25, -0.2) is 14.7 Å². The van der Waals surface area contributed by atoms with E-state index < -0.39 is 0 Å². The third-order valence-corrected chi connectivity index (χ3v) is 6.04. The van der Waals surface area contributed by atoms with Gasteiger partial charge in [0.15, 0.2) is 5.82 Å². The number of benzene rings is 2. The van der Waals surface area contributed by atoms with Gasteiger partial charge in [0.05, 0.1) is 30.1 Å². The van der Waals surface area contributed by atoms with E-state index in [0.29, 0.717) is 16.6 Å². The van der Waals surface area contributed by atoms with E-state index in [1.165, 1.54) is 0 Å². The van der Waals surface area contributed by atoms with Crippen molar-refractivity contribution in [1.82, 2.24) is 20.4 Å². The lowest BCUT2D eigenvalue weighted by Gasteiger charge is -2.14. The Bertz CT molecular complexity index is 1240. The standard InChI is InChI=1S/C23H18ClN5O2S/c1-30-19-8-11-22(25-14-19)29-15-21(32-20-9-4-17(24)5-10-20)23(26-29)16-2-6-18(7-3-16)28-12-13-31-27-28/h2-15,27H,1H3. The van der Waals surface area contributed by atoms with Gasteiger partial charge in [0, 0.05) is 21.7 Å². The Labute approximate surface area is 194 Å². The number of anilines is 1. The van der Waals surface area contributed by atoms with Gasteiger partial charge in [-0.05, 0) is 48.5 Å². The molecule has 7 nitrogen and oxygen atoms in total. The van der Waals surface area contributed by atoms with Gasteiger partial charge in [-0.3, -0.25) is 0 Å². The number of nitrogens with zero attached hydrogens (tertiary/aromatic N) is 4. The van der Waals surface area contributed by atoms with Crippen LogP contribution in [0.2, 0.25) is 5.02 Å². The third-order valence-electron chi connectivity index (χ3n) is 4.76. The predicted octanol–water partition coefficient (Wildman–Crippen LogP) is 5.47. The number of hydrogen-bond acceptors (Lipinski definition) is 7. The molecular weight excluding hydrogens is 446 g/mol. The minimum absolute atomic E-state index is 0.695. The first kappa shape index (κ1) is 20.4. The zero-order chi connectivity index (χ0) is 21.9. The average molecular weight is 464 g/mol. The number of hydrogen-bond donors (Lipinski definition) is 1. The molecular formula is C23H18ClN5O2S. The highest BCUT2D eigenvalue weighted by atomic mass is 35.5. The van der Waals surface area contributed by atoms with Crippen molar-refractivity contribution >= 4 is 29.1 Å². The smallest absolute Gasteiger partial charge is 0.153 e. The van der Waals surface area contributed by atoms with Gasteiger partial charge in [-0.2, -0.15) is 5.10 Å². The molecule has 0 aliphatic carbocycles. The van der Waals surface area contributed by atoms with Crippen LogP contribution < -0.4 is 15.3 Å². The number of rotatable bonds is 6. The van der Waals surface area contributed by atoms with Gasteiger partial charge in [0.25, 0.3) is 0 Å². The molecule has 0 unspecified atom stereocenters. The third kappa shape index (κ3) is 4.29. The molecule has 1 aliphatic rings. The molecule has 0 radical (unpaired) electrons. The Morgan fingerprint density at radius 1 is 1.03 bits per heavy atom. The van der Waals surface area contributed by atoms with E-state index >= 15 is 0 Å². The quantitative estimate of drug-likeness (QED) is 0.406. The largest absolute Gasteiger partial charge is 0.495 e. The normalized spacial score (nSPS) is 12.8. The van der Waals surface area contributed by atoms with E-state index in [-0.39, 0.29) is 0 Å². The summed E-state index contributed by atoms with van der Waals surface area (Å²) in [6.07, 6.45) is 7.05. The molecule has 0 atom stereocenters. The molecule has 5 rings (SSSR count). The second-order valence-electron chi connectivity index (χ2n) is 6.81. The first-order chi connectivity index (χ1) is 15.7. The lowest BCUT2D eigenvalue weighted by molar-refractivity contribution is 0.159. The Balaban J connectivity index is 1.51. The zero-order valence-electron chi connectivity index (χ0n) is 17.0. The van der Waals surface area contributed by atoms with Gasteiger partial charge in [-0.15, -0.1) is 0 Å². The fourth-order valence-electron chi connectivity index (χ4n) is 3.14. The molecule has 0 amide bonds. The van der Waals surface area contributed by atoms with Crippen LogP contribution >= 0.6 is 23.4 Å². The van der Waals surface area contributed by atoms with Gasteiger partial charge < -0.3 is 9.57 Å². The van der Waals surface area contributed by atoms with Gasteiger partial charge >= 0.3 is 0 Å². The second kappa shape index (κ2) is 8.96. The molecule has 2 aromatic heterocycles. The maximum atomic E-state index is 6.05. The second-order valence-corrected chi connectivity index (χ2v) is 8.36. The van der Waals surface area contributed by atoms with Crippen LogP contribution in [0.25, 0.3) is 17.1 Å². The van der Waals surface area contributed by atoms with E-state index in [0.717, 1.165) is 26.7 Å². The van der Waals surface area contributed by atoms with Crippen molar-refractivity contribution in [2.45, 2.75) is 9.79 Å². The Morgan fingerprint density at radius 3 is 2.50 bits per heavy atom. The zero-order valence-corrected chi connectivity index (χ0v) is 18.5. The van der Waals surface area contributed by atoms with Crippen molar-refractivity contribution in [2.75, 3.05) is 12.1 Å². The highest BCUT2D eigenvalue weighted by Gasteiger charge is 2.16. The fourth-order valence-corrected chi connectivity index (χ4v) is 4.20. The monoisotopic (exact) mass is 463 g/mol. The maximum Gasteiger partial charge on any atom is 0.153 e. The highest BCUT2D eigenvalue weighted by molar-refractivity contribution is 7.99. The predicted molar refractivity (Wildman–Crippen MR) is 125 cm³/mol. The summed E-state index contributed by atoms with van der Waals surface area (Å²) in [4.78, 5) is 11.6. The van der Waals surface area contributed by atoms with Crippen molar-refractivity contribution in [3.8, 4) is 22.8 Å². The highest BCUT2D eigenvalue weighted by Crippen LogP contribution is 2.37. The molecule has 0 saturated carbocycles. The number of aromatic nitrogens is 3. The van der Waals surface area contributed by atoms with Crippen LogP contribution in [0, 0.1) is 0 Å². The fraction of sp³-hybridized carbons (Fsp3) is 0.0435. The maximum absolute atomic E-state index is 6.05. The van der Waals surface area contributed by atoms with E-state index in [1.807, 2.05) is 66.9 Å². The summed E-state index contributed by atoms with van der Waals surface area (Å²) in [6, 6.07) is 19.6.